The minimum Gasteiger partial charge on any atom is -0.459 e. The van der Waals surface area contributed by atoms with Crippen LogP contribution in [0.25, 0.3) is 0 Å². The predicted octanol–water partition coefficient (Wildman–Crippen LogP) is 4.38. The number of carbonyl (C=O) groups excluding carboxylic acids is 2. The monoisotopic (exact) mass is 397 g/mol. The van der Waals surface area contributed by atoms with E-state index in [1.54, 1.807) is 12.1 Å². The summed E-state index contributed by atoms with van der Waals surface area (Å²) >= 11 is 0. The van der Waals surface area contributed by atoms with Crippen molar-refractivity contribution in [2.24, 2.45) is 11.8 Å². The molecule has 0 radical (unpaired) electrons. The Balaban J connectivity index is 1.83. The van der Waals surface area contributed by atoms with Gasteiger partial charge in [-0.25, -0.2) is 0 Å². The number of rotatable bonds is 9. The van der Waals surface area contributed by atoms with E-state index in [2.05, 4.69) is 5.32 Å². The van der Waals surface area contributed by atoms with Gasteiger partial charge >= 0.3 is 0 Å². The lowest BCUT2D eigenvalue weighted by molar-refractivity contribution is -0.116. The molecule has 1 aliphatic carbocycles. The Morgan fingerprint density at radius 2 is 1.97 bits per heavy atom. The van der Waals surface area contributed by atoms with Crippen LogP contribution in [0, 0.1) is 11.8 Å². The molecule has 1 N–H and O–H groups in total. The van der Waals surface area contributed by atoms with Crippen LogP contribution in [0.1, 0.15) is 49.2 Å². The quantitative estimate of drug-likeness (QED) is 0.682. The van der Waals surface area contributed by atoms with Gasteiger partial charge in [-0.1, -0.05) is 13.8 Å². The largest absolute Gasteiger partial charge is 0.459 e. The molecule has 0 saturated heterocycles. The van der Waals surface area contributed by atoms with Crippen molar-refractivity contribution in [1.29, 1.82) is 0 Å². The number of amides is 2. The summed E-state index contributed by atoms with van der Waals surface area (Å²) in [7, 11) is 3.96. The lowest BCUT2D eigenvalue weighted by Crippen LogP contribution is -2.33. The van der Waals surface area contributed by atoms with E-state index in [4.69, 9.17) is 4.42 Å². The van der Waals surface area contributed by atoms with Crippen LogP contribution in [0.15, 0.2) is 41.0 Å². The van der Waals surface area contributed by atoms with Crippen LogP contribution in [-0.2, 0) is 11.3 Å². The summed E-state index contributed by atoms with van der Waals surface area (Å²) < 4.78 is 5.35. The second-order valence-electron chi connectivity index (χ2n) is 8.49. The van der Waals surface area contributed by atoms with Gasteiger partial charge in [0.15, 0.2) is 5.76 Å². The molecule has 2 amide bonds. The molecule has 156 valence electrons. The van der Waals surface area contributed by atoms with Crippen LogP contribution in [0.2, 0.25) is 0 Å². The fraction of sp³-hybridized carbons (Fsp3) is 0.478. The van der Waals surface area contributed by atoms with Gasteiger partial charge < -0.3 is 19.5 Å². The SMILES string of the molecule is CC(C)CC(=O)Nc1ccc(N(C)C)c(CN(CC2CC2)C(=O)c2ccco2)c1. The molecule has 29 heavy (non-hydrogen) atoms. The summed E-state index contributed by atoms with van der Waals surface area (Å²) in [5.41, 5.74) is 2.78. The van der Waals surface area contributed by atoms with Crippen molar-refractivity contribution in [3.8, 4) is 0 Å². The van der Waals surface area contributed by atoms with Crippen LogP contribution in [0.5, 0.6) is 0 Å². The fourth-order valence-corrected chi connectivity index (χ4v) is 3.40. The van der Waals surface area contributed by atoms with Crippen molar-refractivity contribution in [2.75, 3.05) is 30.9 Å². The number of nitrogens with zero attached hydrogens (tertiary/aromatic N) is 2. The van der Waals surface area contributed by atoms with E-state index >= 15 is 0 Å². The Kier molecular flexibility index (Phi) is 6.62. The molecule has 0 bridgehead atoms. The van der Waals surface area contributed by atoms with Gasteiger partial charge in [0.1, 0.15) is 0 Å². The van der Waals surface area contributed by atoms with Gasteiger partial charge in [0, 0.05) is 45.0 Å². The van der Waals surface area contributed by atoms with E-state index in [9.17, 15) is 9.59 Å². The summed E-state index contributed by atoms with van der Waals surface area (Å²) in [4.78, 5) is 29.1. The molecule has 1 saturated carbocycles. The van der Waals surface area contributed by atoms with Gasteiger partial charge in [-0.3, -0.25) is 9.59 Å². The number of anilines is 2. The first-order valence-corrected chi connectivity index (χ1v) is 10.3. The maximum atomic E-state index is 13.0. The first-order valence-electron chi connectivity index (χ1n) is 10.3. The van der Waals surface area contributed by atoms with Crippen LogP contribution in [0.3, 0.4) is 0 Å². The first-order chi connectivity index (χ1) is 13.8. The minimum atomic E-state index is -0.0964. The maximum absolute atomic E-state index is 13.0. The molecule has 1 heterocycles. The van der Waals surface area contributed by atoms with Crippen molar-refractivity contribution in [2.45, 2.75) is 39.7 Å². The number of hydrogen-bond acceptors (Lipinski definition) is 4. The number of furan rings is 1. The molecule has 0 aliphatic heterocycles. The van der Waals surface area contributed by atoms with Crippen LogP contribution in [-0.4, -0.2) is 37.4 Å². The summed E-state index contributed by atoms with van der Waals surface area (Å²) in [6.07, 6.45) is 4.33. The molecule has 1 aliphatic rings. The minimum absolute atomic E-state index is 0.00468. The molecule has 2 aromatic rings. The molecule has 3 rings (SSSR count). The Hall–Kier alpha value is -2.76. The highest BCUT2D eigenvalue weighted by Gasteiger charge is 2.29. The number of carbonyl (C=O) groups is 2. The van der Waals surface area contributed by atoms with E-state index in [0.717, 1.165) is 36.3 Å². The smallest absolute Gasteiger partial charge is 0.289 e. The normalized spacial score (nSPS) is 13.4. The standard InChI is InChI=1S/C23H31N3O3/c1-16(2)12-22(27)24-19-9-10-20(25(3)4)18(13-19)15-26(14-17-7-8-17)23(28)21-6-5-11-29-21/h5-6,9-11,13,16-17H,7-8,12,14-15H2,1-4H3,(H,24,27). The Bertz CT molecular complexity index is 839. The van der Waals surface area contributed by atoms with Gasteiger partial charge in [0.2, 0.25) is 5.91 Å². The maximum Gasteiger partial charge on any atom is 0.289 e. The second kappa shape index (κ2) is 9.16. The van der Waals surface area contributed by atoms with E-state index in [-0.39, 0.29) is 11.8 Å². The lowest BCUT2D eigenvalue weighted by atomic mass is 10.1. The topological polar surface area (TPSA) is 65.8 Å². The third kappa shape index (κ3) is 5.86. The highest BCUT2D eigenvalue weighted by Crippen LogP contribution is 2.32. The average molecular weight is 398 g/mol. The summed E-state index contributed by atoms with van der Waals surface area (Å²) in [6, 6.07) is 9.32. The molecule has 6 heteroatoms. The van der Waals surface area contributed by atoms with Crippen molar-refractivity contribution in [3.05, 3.63) is 47.9 Å². The fourth-order valence-electron chi connectivity index (χ4n) is 3.40. The van der Waals surface area contributed by atoms with Crippen LogP contribution < -0.4 is 10.2 Å². The van der Waals surface area contributed by atoms with Crippen molar-refractivity contribution < 1.29 is 14.0 Å². The molecule has 0 atom stereocenters. The third-order valence-corrected chi connectivity index (χ3v) is 4.99. The van der Waals surface area contributed by atoms with Crippen molar-refractivity contribution in [3.63, 3.8) is 0 Å². The molecule has 1 fully saturated rings. The molecule has 0 spiro atoms. The Labute approximate surface area is 172 Å². The zero-order chi connectivity index (χ0) is 21.0. The van der Waals surface area contributed by atoms with Gasteiger partial charge in [0.05, 0.1) is 6.26 Å². The summed E-state index contributed by atoms with van der Waals surface area (Å²) in [5.74, 6) is 1.13. The molecule has 0 unspecified atom stereocenters. The van der Waals surface area contributed by atoms with Gasteiger partial charge in [-0.2, -0.15) is 0 Å². The Morgan fingerprint density at radius 1 is 1.21 bits per heavy atom. The third-order valence-electron chi connectivity index (χ3n) is 4.99. The van der Waals surface area contributed by atoms with Gasteiger partial charge in [0.25, 0.3) is 5.91 Å². The second-order valence-corrected chi connectivity index (χ2v) is 8.49. The van der Waals surface area contributed by atoms with E-state index < -0.39 is 0 Å². The molecule has 6 nitrogen and oxygen atoms in total. The van der Waals surface area contributed by atoms with Gasteiger partial charge in [-0.15, -0.1) is 0 Å². The van der Waals surface area contributed by atoms with Crippen molar-refractivity contribution >= 4 is 23.2 Å². The van der Waals surface area contributed by atoms with E-state index in [1.807, 2.05) is 55.9 Å². The molecular formula is C23H31N3O3. The van der Waals surface area contributed by atoms with Crippen LogP contribution in [0.4, 0.5) is 11.4 Å². The molecule has 1 aromatic heterocycles. The summed E-state index contributed by atoms with van der Waals surface area (Å²) in [5, 5.41) is 2.98. The van der Waals surface area contributed by atoms with E-state index in [1.165, 1.54) is 6.26 Å². The lowest BCUT2D eigenvalue weighted by Gasteiger charge is -2.26. The first kappa shape index (κ1) is 21.0. The highest BCUT2D eigenvalue weighted by atomic mass is 16.3. The van der Waals surface area contributed by atoms with Crippen LogP contribution >= 0.6 is 0 Å². The zero-order valence-electron chi connectivity index (χ0n) is 17.8. The number of benzene rings is 1. The predicted molar refractivity (Wildman–Crippen MR) is 115 cm³/mol. The van der Waals surface area contributed by atoms with Crippen molar-refractivity contribution in [1.82, 2.24) is 4.90 Å². The Morgan fingerprint density at radius 3 is 2.55 bits per heavy atom. The zero-order valence-corrected chi connectivity index (χ0v) is 17.8. The molecule has 1 aromatic carbocycles. The number of nitrogens with one attached hydrogen (secondary N) is 1. The average Bonchev–Trinajstić information content (AvgIpc) is 3.29. The van der Waals surface area contributed by atoms with E-state index in [0.29, 0.717) is 30.6 Å². The summed E-state index contributed by atoms with van der Waals surface area (Å²) in [6.45, 7) is 5.24. The van der Waals surface area contributed by atoms with Gasteiger partial charge in [-0.05, 0) is 60.6 Å². The highest BCUT2D eigenvalue weighted by molar-refractivity contribution is 5.92. The number of hydrogen-bond donors (Lipinski definition) is 1. The molecular weight excluding hydrogens is 366 g/mol.